The SMILES string of the molecule is CCc1cnc(CCNC(=NC)NC(C)c2ccc(OCC3CC3)c(F)c2)s1. The largest absolute Gasteiger partial charge is 0.490 e. The molecule has 0 bridgehead atoms. The second-order valence-corrected chi connectivity index (χ2v) is 8.33. The molecule has 2 aromatic rings. The van der Waals surface area contributed by atoms with Gasteiger partial charge in [-0.3, -0.25) is 4.99 Å². The van der Waals surface area contributed by atoms with Gasteiger partial charge in [-0.1, -0.05) is 13.0 Å². The van der Waals surface area contributed by atoms with Crippen molar-refractivity contribution in [1.82, 2.24) is 15.6 Å². The van der Waals surface area contributed by atoms with Gasteiger partial charge in [0.1, 0.15) is 0 Å². The van der Waals surface area contributed by atoms with Gasteiger partial charge in [0.2, 0.25) is 0 Å². The first-order valence-electron chi connectivity index (χ1n) is 9.92. The quantitative estimate of drug-likeness (QED) is 0.488. The summed E-state index contributed by atoms with van der Waals surface area (Å²) in [6.45, 7) is 5.48. The molecule has 5 nitrogen and oxygen atoms in total. The van der Waals surface area contributed by atoms with E-state index in [2.05, 4.69) is 27.5 Å². The Morgan fingerprint density at radius 2 is 2.25 bits per heavy atom. The molecule has 1 aliphatic rings. The molecule has 0 aliphatic heterocycles. The van der Waals surface area contributed by atoms with Crippen molar-refractivity contribution in [3.8, 4) is 5.75 Å². The van der Waals surface area contributed by atoms with Crippen molar-refractivity contribution in [3.05, 3.63) is 45.7 Å². The highest BCUT2D eigenvalue weighted by Gasteiger charge is 2.22. The first-order valence-corrected chi connectivity index (χ1v) is 10.7. The number of rotatable bonds is 9. The summed E-state index contributed by atoms with van der Waals surface area (Å²) in [6, 6.07) is 5.08. The van der Waals surface area contributed by atoms with Crippen LogP contribution < -0.4 is 15.4 Å². The van der Waals surface area contributed by atoms with Crippen molar-refractivity contribution in [2.75, 3.05) is 20.2 Å². The monoisotopic (exact) mass is 404 g/mol. The van der Waals surface area contributed by atoms with Crippen LogP contribution in [0.1, 0.15) is 48.2 Å². The third-order valence-corrected chi connectivity index (χ3v) is 5.99. The van der Waals surface area contributed by atoms with E-state index in [4.69, 9.17) is 4.74 Å². The highest BCUT2D eigenvalue weighted by molar-refractivity contribution is 7.11. The number of nitrogens with one attached hydrogen (secondary N) is 2. The van der Waals surface area contributed by atoms with Gasteiger partial charge in [0.15, 0.2) is 17.5 Å². The van der Waals surface area contributed by atoms with E-state index in [1.807, 2.05) is 19.2 Å². The second-order valence-electron chi connectivity index (χ2n) is 7.13. The zero-order valence-corrected chi connectivity index (χ0v) is 17.6. The highest BCUT2D eigenvalue weighted by atomic mass is 32.1. The summed E-state index contributed by atoms with van der Waals surface area (Å²) in [4.78, 5) is 9.99. The first kappa shape index (κ1) is 20.6. The molecule has 28 heavy (non-hydrogen) atoms. The van der Waals surface area contributed by atoms with Gasteiger partial charge >= 0.3 is 0 Å². The Bertz CT molecular complexity index is 803. The fourth-order valence-corrected chi connectivity index (χ4v) is 3.66. The van der Waals surface area contributed by atoms with Gasteiger partial charge in [0.25, 0.3) is 0 Å². The van der Waals surface area contributed by atoms with Crippen LogP contribution in [0.25, 0.3) is 0 Å². The number of hydrogen-bond acceptors (Lipinski definition) is 4. The van der Waals surface area contributed by atoms with Crippen LogP contribution in [0.2, 0.25) is 0 Å². The first-order chi connectivity index (χ1) is 13.6. The average Bonchev–Trinajstić information content (AvgIpc) is 3.42. The summed E-state index contributed by atoms with van der Waals surface area (Å²) in [5.41, 5.74) is 0.853. The molecule has 1 saturated carbocycles. The standard InChI is InChI=1S/C21H29FN4OS/c1-4-17-12-25-20(28-17)9-10-24-21(23-3)26-14(2)16-7-8-19(18(22)11-16)27-13-15-5-6-15/h7-8,11-12,14-15H,4-6,9-10,13H2,1-3H3,(H2,23,24,26). The maximum Gasteiger partial charge on any atom is 0.191 e. The summed E-state index contributed by atoms with van der Waals surface area (Å²) < 4.78 is 19.9. The predicted octanol–water partition coefficient (Wildman–Crippen LogP) is 4.10. The molecule has 1 heterocycles. The molecule has 0 spiro atoms. The van der Waals surface area contributed by atoms with E-state index in [0.29, 0.717) is 24.2 Å². The van der Waals surface area contributed by atoms with E-state index in [0.717, 1.165) is 30.0 Å². The van der Waals surface area contributed by atoms with Gasteiger partial charge in [0, 0.05) is 31.1 Å². The van der Waals surface area contributed by atoms with Gasteiger partial charge in [0.05, 0.1) is 17.7 Å². The zero-order valence-electron chi connectivity index (χ0n) is 16.8. The highest BCUT2D eigenvalue weighted by Crippen LogP contribution is 2.30. The van der Waals surface area contributed by atoms with Crippen molar-refractivity contribution in [1.29, 1.82) is 0 Å². The van der Waals surface area contributed by atoms with Crippen molar-refractivity contribution in [2.45, 2.75) is 45.6 Å². The number of nitrogens with zero attached hydrogens (tertiary/aromatic N) is 2. The molecule has 3 rings (SSSR count). The lowest BCUT2D eigenvalue weighted by Gasteiger charge is -2.19. The minimum Gasteiger partial charge on any atom is -0.490 e. The molecule has 0 amide bonds. The normalized spacial score (nSPS) is 15.4. The van der Waals surface area contributed by atoms with Gasteiger partial charge in [-0.15, -0.1) is 11.3 Å². The molecule has 152 valence electrons. The molecular formula is C21H29FN4OS. The maximum absolute atomic E-state index is 14.3. The lowest BCUT2D eigenvalue weighted by Crippen LogP contribution is -2.39. The molecule has 1 fully saturated rings. The van der Waals surface area contributed by atoms with E-state index in [1.165, 1.54) is 23.8 Å². The van der Waals surface area contributed by atoms with E-state index in [-0.39, 0.29) is 11.9 Å². The van der Waals surface area contributed by atoms with E-state index >= 15 is 0 Å². The number of guanidine groups is 1. The third kappa shape index (κ3) is 5.92. The number of aliphatic imine (C=N–C) groups is 1. The van der Waals surface area contributed by atoms with Gasteiger partial charge in [-0.05, 0) is 49.8 Å². The number of aromatic nitrogens is 1. The summed E-state index contributed by atoms with van der Waals surface area (Å²) in [6.07, 6.45) is 6.19. The number of ether oxygens (including phenoxy) is 1. The maximum atomic E-state index is 14.3. The molecule has 1 aromatic heterocycles. The van der Waals surface area contributed by atoms with Crippen LogP contribution in [0.15, 0.2) is 29.4 Å². The molecule has 7 heteroatoms. The minimum absolute atomic E-state index is 0.0789. The Morgan fingerprint density at radius 3 is 2.89 bits per heavy atom. The Morgan fingerprint density at radius 1 is 1.43 bits per heavy atom. The van der Waals surface area contributed by atoms with Crippen LogP contribution in [-0.4, -0.2) is 31.1 Å². The van der Waals surface area contributed by atoms with Crippen LogP contribution in [0.5, 0.6) is 5.75 Å². The van der Waals surface area contributed by atoms with E-state index in [1.54, 1.807) is 24.5 Å². The number of thiazole rings is 1. The molecule has 2 N–H and O–H groups in total. The Kier molecular flexibility index (Phi) is 7.25. The summed E-state index contributed by atoms with van der Waals surface area (Å²) in [7, 11) is 1.73. The molecule has 0 radical (unpaired) electrons. The topological polar surface area (TPSA) is 58.5 Å². The van der Waals surface area contributed by atoms with Crippen molar-refractivity contribution < 1.29 is 9.13 Å². The predicted molar refractivity (Wildman–Crippen MR) is 113 cm³/mol. The Balaban J connectivity index is 1.48. The van der Waals surface area contributed by atoms with Crippen LogP contribution in [0, 0.1) is 11.7 Å². The van der Waals surface area contributed by atoms with Gasteiger partial charge < -0.3 is 15.4 Å². The van der Waals surface area contributed by atoms with Crippen LogP contribution >= 0.6 is 11.3 Å². The number of hydrogen-bond donors (Lipinski definition) is 2. The third-order valence-electron chi connectivity index (χ3n) is 4.79. The average molecular weight is 405 g/mol. The Hall–Kier alpha value is -2.15. The van der Waals surface area contributed by atoms with E-state index < -0.39 is 0 Å². The van der Waals surface area contributed by atoms with Crippen molar-refractivity contribution >= 4 is 17.3 Å². The fraction of sp³-hybridized carbons (Fsp3) is 0.524. The summed E-state index contributed by atoms with van der Waals surface area (Å²) in [5.74, 6) is 1.31. The fourth-order valence-electron chi connectivity index (χ4n) is 2.79. The van der Waals surface area contributed by atoms with Gasteiger partial charge in [-0.2, -0.15) is 0 Å². The van der Waals surface area contributed by atoms with Crippen molar-refractivity contribution in [2.24, 2.45) is 10.9 Å². The smallest absolute Gasteiger partial charge is 0.191 e. The molecule has 1 unspecified atom stereocenters. The van der Waals surface area contributed by atoms with Crippen LogP contribution in [0.4, 0.5) is 4.39 Å². The lowest BCUT2D eigenvalue weighted by atomic mass is 10.1. The molecule has 0 saturated heterocycles. The number of benzene rings is 1. The Labute approximate surface area is 170 Å². The molecule has 1 aliphatic carbocycles. The molecular weight excluding hydrogens is 375 g/mol. The second kappa shape index (κ2) is 9.87. The number of aryl methyl sites for hydroxylation is 1. The van der Waals surface area contributed by atoms with Crippen molar-refractivity contribution in [3.63, 3.8) is 0 Å². The zero-order chi connectivity index (χ0) is 19.9. The molecule has 1 aromatic carbocycles. The van der Waals surface area contributed by atoms with Crippen LogP contribution in [0.3, 0.4) is 0 Å². The van der Waals surface area contributed by atoms with Crippen LogP contribution in [-0.2, 0) is 12.8 Å². The van der Waals surface area contributed by atoms with Gasteiger partial charge in [-0.25, -0.2) is 9.37 Å². The number of halogens is 1. The lowest BCUT2D eigenvalue weighted by molar-refractivity contribution is 0.285. The minimum atomic E-state index is -0.315. The summed E-state index contributed by atoms with van der Waals surface area (Å²) >= 11 is 1.75. The van der Waals surface area contributed by atoms with E-state index in [9.17, 15) is 4.39 Å². The molecule has 1 atom stereocenters. The summed E-state index contributed by atoms with van der Waals surface area (Å²) in [5, 5.41) is 7.73.